The van der Waals surface area contributed by atoms with Crippen LogP contribution in [0.3, 0.4) is 0 Å². The lowest BCUT2D eigenvalue weighted by Crippen LogP contribution is -2.38. The second-order valence-electron chi connectivity index (χ2n) is 7.86. The van der Waals surface area contributed by atoms with E-state index in [4.69, 9.17) is 11.6 Å². The minimum atomic E-state index is -0.551. The Morgan fingerprint density at radius 1 is 1.03 bits per heavy atom. The van der Waals surface area contributed by atoms with Gasteiger partial charge in [0.2, 0.25) is 5.91 Å². The topological polar surface area (TPSA) is 88.9 Å². The van der Waals surface area contributed by atoms with Gasteiger partial charge in [-0.2, -0.15) is 0 Å². The van der Waals surface area contributed by atoms with Crippen molar-refractivity contribution in [2.75, 3.05) is 12.8 Å². The molecule has 1 aromatic heterocycles. The molecule has 2 aromatic carbocycles. The standard InChI is InChI=1S/C22H24ClN5O2S/c1-22(2,3)15-7-5-14(6-8-15)19-26-27-21(31-13-18(29)25-20(30)24-4)28(19)17-11-9-16(23)10-12-17/h5-12H,13H2,1-4H3,(H2,24,25,29,30). The summed E-state index contributed by atoms with van der Waals surface area (Å²) in [5.41, 5.74) is 2.98. The van der Waals surface area contributed by atoms with Gasteiger partial charge in [0.15, 0.2) is 11.0 Å². The highest BCUT2D eigenvalue weighted by atomic mass is 35.5. The van der Waals surface area contributed by atoms with Crippen LogP contribution in [-0.2, 0) is 10.2 Å². The van der Waals surface area contributed by atoms with Crippen molar-refractivity contribution in [3.05, 3.63) is 59.1 Å². The molecule has 0 saturated carbocycles. The fraction of sp³-hybridized carbons (Fsp3) is 0.273. The van der Waals surface area contributed by atoms with Gasteiger partial charge in [-0.1, -0.05) is 68.4 Å². The molecule has 7 nitrogen and oxygen atoms in total. The van der Waals surface area contributed by atoms with Crippen LogP contribution in [0.15, 0.2) is 53.7 Å². The maximum Gasteiger partial charge on any atom is 0.321 e. The Balaban J connectivity index is 1.95. The summed E-state index contributed by atoms with van der Waals surface area (Å²) >= 11 is 7.25. The summed E-state index contributed by atoms with van der Waals surface area (Å²) in [6.07, 6.45) is 0. The molecule has 0 fully saturated rings. The van der Waals surface area contributed by atoms with E-state index in [0.717, 1.165) is 11.3 Å². The van der Waals surface area contributed by atoms with Gasteiger partial charge < -0.3 is 5.32 Å². The first-order valence-electron chi connectivity index (χ1n) is 9.65. The Labute approximate surface area is 190 Å². The van der Waals surface area contributed by atoms with E-state index in [9.17, 15) is 9.59 Å². The molecule has 0 aliphatic rings. The number of aromatic nitrogens is 3. The summed E-state index contributed by atoms with van der Waals surface area (Å²) in [5.74, 6) is 0.241. The minimum Gasteiger partial charge on any atom is -0.341 e. The molecular formula is C22H24ClN5O2S. The van der Waals surface area contributed by atoms with Gasteiger partial charge in [0.1, 0.15) is 0 Å². The number of nitrogens with zero attached hydrogens (tertiary/aromatic N) is 3. The average molecular weight is 458 g/mol. The highest BCUT2D eigenvalue weighted by Crippen LogP contribution is 2.30. The van der Waals surface area contributed by atoms with Gasteiger partial charge in [0, 0.05) is 23.3 Å². The zero-order valence-corrected chi connectivity index (χ0v) is 19.3. The van der Waals surface area contributed by atoms with E-state index in [-0.39, 0.29) is 11.2 Å². The van der Waals surface area contributed by atoms with E-state index in [0.29, 0.717) is 16.0 Å². The Kier molecular flexibility index (Phi) is 7.02. The van der Waals surface area contributed by atoms with Crippen LogP contribution in [0, 0.1) is 0 Å². The number of rotatable bonds is 5. The first kappa shape index (κ1) is 22.8. The van der Waals surface area contributed by atoms with Gasteiger partial charge in [-0.3, -0.25) is 14.7 Å². The molecule has 0 radical (unpaired) electrons. The molecule has 162 valence electrons. The molecule has 0 aliphatic carbocycles. The largest absolute Gasteiger partial charge is 0.341 e. The van der Waals surface area contributed by atoms with E-state index in [1.165, 1.54) is 24.4 Å². The van der Waals surface area contributed by atoms with Gasteiger partial charge in [-0.15, -0.1) is 10.2 Å². The fourth-order valence-corrected chi connectivity index (χ4v) is 3.73. The maximum absolute atomic E-state index is 12.0. The van der Waals surface area contributed by atoms with E-state index >= 15 is 0 Å². The van der Waals surface area contributed by atoms with Crippen molar-refractivity contribution in [2.24, 2.45) is 0 Å². The van der Waals surface area contributed by atoms with Crippen molar-refractivity contribution in [2.45, 2.75) is 31.3 Å². The van der Waals surface area contributed by atoms with Gasteiger partial charge in [0.05, 0.1) is 5.75 Å². The van der Waals surface area contributed by atoms with Gasteiger partial charge in [-0.05, 0) is 35.2 Å². The monoisotopic (exact) mass is 457 g/mol. The molecule has 0 saturated heterocycles. The Morgan fingerprint density at radius 2 is 1.68 bits per heavy atom. The quantitative estimate of drug-likeness (QED) is 0.553. The minimum absolute atomic E-state index is 0.0160. The number of benzene rings is 2. The fourth-order valence-electron chi connectivity index (χ4n) is 2.85. The van der Waals surface area contributed by atoms with Crippen LogP contribution >= 0.6 is 23.4 Å². The normalized spacial score (nSPS) is 11.3. The lowest BCUT2D eigenvalue weighted by Gasteiger charge is -2.19. The Hall–Kier alpha value is -2.84. The van der Waals surface area contributed by atoms with Crippen LogP contribution in [-0.4, -0.2) is 39.5 Å². The van der Waals surface area contributed by atoms with Crippen LogP contribution in [0.5, 0.6) is 0 Å². The summed E-state index contributed by atoms with van der Waals surface area (Å²) in [6, 6.07) is 15.0. The molecule has 3 aromatic rings. The van der Waals surface area contributed by atoms with Crippen molar-refractivity contribution in [3.63, 3.8) is 0 Å². The first-order valence-corrected chi connectivity index (χ1v) is 11.0. The van der Waals surface area contributed by atoms with E-state index in [1.54, 1.807) is 12.1 Å². The van der Waals surface area contributed by atoms with Crippen LogP contribution < -0.4 is 10.6 Å². The predicted molar refractivity (Wildman–Crippen MR) is 124 cm³/mol. The van der Waals surface area contributed by atoms with Crippen LogP contribution in [0.4, 0.5) is 4.79 Å². The number of nitrogens with one attached hydrogen (secondary N) is 2. The zero-order chi connectivity index (χ0) is 22.6. The molecule has 2 N–H and O–H groups in total. The highest BCUT2D eigenvalue weighted by molar-refractivity contribution is 7.99. The average Bonchev–Trinajstić information content (AvgIpc) is 3.16. The molecular weight excluding hydrogens is 434 g/mol. The van der Waals surface area contributed by atoms with Crippen molar-refractivity contribution in [1.29, 1.82) is 0 Å². The molecule has 3 rings (SSSR count). The van der Waals surface area contributed by atoms with Crippen molar-refractivity contribution in [1.82, 2.24) is 25.4 Å². The van der Waals surface area contributed by atoms with Gasteiger partial charge in [0.25, 0.3) is 0 Å². The molecule has 31 heavy (non-hydrogen) atoms. The Morgan fingerprint density at radius 3 is 2.26 bits per heavy atom. The number of thioether (sulfide) groups is 1. The smallest absolute Gasteiger partial charge is 0.321 e. The third-order valence-electron chi connectivity index (χ3n) is 4.54. The van der Waals surface area contributed by atoms with Crippen LogP contribution in [0.25, 0.3) is 17.1 Å². The number of hydrogen-bond donors (Lipinski definition) is 2. The van der Waals surface area contributed by atoms with Crippen LogP contribution in [0.1, 0.15) is 26.3 Å². The number of halogens is 1. The second-order valence-corrected chi connectivity index (χ2v) is 9.24. The molecule has 0 unspecified atom stereocenters. The lowest BCUT2D eigenvalue weighted by atomic mass is 9.87. The second kappa shape index (κ2) is 9.53. The number of hydrogen-bond acceptors (Lipinski definition) is 5. The van der Waals surface area contributed by atoms with Crippen molar-refractivity contribution >= 4 is 35.3 Å². The maximum atomic E-state index is 12.0. The number of amides is 3. The number of imide groups is 1. The number of carbonyl (C=O) groups excluding carboxylic acids is 2. The Bertz CT molecular complexity index is 1070. The van der Waals surface area contributed by atoms with Gasteiger partial charge >= 0.3 is 6.03 Å². The van der Waals surface area contributed by atoms with Crippen molar-refractivity contribution in [3.8, 4) is 17.1 Å². The summed E-state index contributed by atoms with van der Waals surface area (Å²) in [4.78, 5) is 23.4. The number of carbonyl (C=O) groups is 2. The summed E-state index contributed by atoms with van der Waals surface area (Å²) in [6.45, 7) is 6.49. The highest BCUT2D eigenvalue weighted by Gasteiger charge is 2.19. The number of urea groups is 1. The molecule has 9 heteroatoms. The third-order valence-corrected chi connectivity index (χ3v) is 5.72. The molecule has 3 amide bonds. The molecule has 0 bridgehead atoms. The molecule has 0 spiro atoms. The molecule has 0 aliphatic heterocycles. The SMILES string of the molecule is CNC(=O)NC(=O)CSc1nnc(-c2ccc(C(C)(C)C)cc2)n1-c1ccc(Cl)cc1. The third kappa shape index (κ3) is 5.65. The van der Waals surface area contributed by atoms with Crippen LogP contribution in [0.2, 0.25) is 5.02 Å². The van der Waals surface area contributed by atoms with E-state index in [1.807, 2.05) is 28.8 Å². The molecule has 0 atom stereocenters. The molecule has 1 heterocycles. The van der Waals surface area contributed by atoms with E-state index < -0.39 is 11.9 Å². The summed E-state index contributed by atoms with van der Waals surface area (Å²) < 4.78 is 1.88. The lowest BCUT2D eigenvalue weighted by molar-refractivity contribution is -0.117. The van der Waals surface area contributed by atoms with Gasteiger partial charge in [-0.25, -0.2) is 4.79 Å². The predicted octanol–water partition coefficient (Wildman–Crippen LogP) is 4.43. The summed E-state index contributed by atoms with van der Waals surface area (Å²) in [7, 11) is 1.45. The first-order chi connectivity index (χ1) is 14.7. The zero-order valence-electron chi connectivity index (χ0n) is 17.8. The summed E-state index contributed by atoms with van der Waals surface area (Å²) in [5, 5.41) is 14.4. The van der Waals surface area contributed by atoms with E-state index in [2.05, 4.69) is 53.7 Å². The van der Waals surface area contributed by atoms with Crippen molar-refractivity contribution < 1.29 is 9.59 Å².